The van der Waals surface area contributed by atoms with E-state index in [1.165, 1.54) is 25.3 Å². The van der Waals surface area contributed by atoms with Crippen LogP contribution in [0.5, 0.6) is 5.75 Å². The molecular formula is C11H16N2O4S. The Bertz CT molecular complexity index is 540. The van der Waals surface area contributed by atoms with Gasteiger partial charge in [0.2, 0.25) is 5.91 Å². The molecule has 1 aromatic rings. The number of carbonyl (C=O) groups excluding carboxylic acids is 1. The van der Waals surface area contributed by atoms with Crippen LogP contribution in [0.3, 0.4) is 0 Å². The van der Waals surface area contributed by atoms with E-state index in [2.05, 4.69) is 5.32 Å². The van der Waals surface area contributed by atoms with E-state index in [9.17, 15) is 13.2 Å². The lowest BCUT2D eigenvalue weighted by atomic mass is 10.3. The summed E-state index contributed by atoms with van der Waals surface area (Å²) >= 11 is 0. The first-order valence-corrected chi connectivity index (χ1v) is 6.99. The zero-order valence-corrected chi connectivity index (χ0v) is 11.1. The molecule has 0 aliphatic rings. The predicted molar refractivity (Wildman–Crippen MR) is 68.1 cm³/mol. The van der Waals surface area contributed by atoms with Crippen LogP contribution in [0.4, 0.5) is 5.69 Å². The molecule has 0 saturated heterocycles. The number of sulfone groups is 1. The predicted octanol–water partition coefficient (Wildman–Crippen LogP) is 0.187. The Morgan fingerprint density at radius 3 is 2.67 bits per heavy atom. The molecule has 0 aliphatic heterocycles. The number of rotatable bonds is 5. The summed E-state index contributed by atoms with van der Waals surface area (Å²) in [7, 11) is -2.39. The van der Waals surface area contributed by atoms with Crippen molar-refractivity contribution in [3.63, 3.8) is 0 Å². The van der Waals surface area contributed by atoms with E-state index in [1.807, 2.05) is 0 Å². The van der Waals surface area contributed by atoms with Gasteiger partial charge in [-0.1, -0.05) is 0 Å². The molecule has 3 N–H and O–H groups in total. The minimum Gasteiger partial charge on any atom is -0.495 e. The largest absolute Gasteiger partial charge is 0.495 e. The monoisotopic (exact) mass is 272 g/mol. The number of anilines is 1. The first-order valence-electron chi connectivity index (χ1n) is 5.33. The molecule has 6 nitrogen and oxygen atoms in total. The normalized spacial score (nSPS) is 11.0. The Balaban J connectivity index is 3.09. The molecule has 0 atom stereocenters. The van der Waals surface area contributed by atoms with Gasteiger partial charge in [0.1, 0.15) is 16.4 Å². The molecule has 0 fully saturated rings. The van der Waals surface area contributed by atoms with Gasteiger partial charge in [-0.2, -0.15) is 0 Å². The molecule has 0 saturated carbocycles. The van der Waals surface area contributed by atoms with Crippen molar-refractivity contribution in [3.05, 3.63) is 18.2 Å². The van der Waals surface area contributed by atoms with Crippen LogP contribution in [-0.2, 0) is 14.6 Å². The summed E-state index contributed by atoms with van der Waals surface area (Å²) in [6.45, 7) is 2.10. The van der Waals surface area contributed by atoms with E-state index < -0.39 is 21.5 Å². The third-order valence-electron chi connectivity index (χ3n) is 2.22. The lowest BCUT2D eigenvalue weighted by Gasteiger charge is -2.10. The minimum absolute atomic E-state index is 0.0366. The third kappa shape index (κ3) is 3.36. The van der Waals surface area contributed by atoms with Gasteiger partial charge in [-0.25, -0.2) is 8.42 Å². The Kier molecular flexibility index (Phi) is 4.55. The summed E-state index contributed by atoms with van der Waals surface area (Å²) in [4.78, 5) is 11.3. The van der Waals surface area contributed by atoms with Gasteiger partial charge in [0.15, 0.2) is 9.84 Å². The third-order valence-corrected chi connectivity index (χ3v) is 3.87. The van der Waals surface area contributed by atoms with Crippen LogP contribution >= 0.6 is 0 Å². The molecule has 1 aromatic carbocycles. The second kappa shape index (κ2) is 5.72. The smallest absolute Gasteiger partial charge is 0.235 e. The lowest BCUT2D eigenvalue weighted by molar-refractivity contribution is -0.118. The summed E-state index contributed by atoms with van der Waals surface area (Å²) in [5, 5.41) is 2.44. The van der Waals surface area contributed by atoms with E-state index in [1.54, 1.807) is 6.92 Å². The summed E-state index contributed by atoms with van der Waals surface area (Å²) in [5.74, 6) is -1.02. The molecule has 0 spiro atoms. The second-order valence-electron chi connectivity index (χ2n) is 3.62. The van der Waals surface area contributed by atoms with Crippen LogP contribution in [0.1, 0.15) is 6.92 Å². The van der Waals surface area contributed by atoms with Crippen molar-refractivity contribution >= 4 is 21.4 Å². The fourth-order valence-electron chi connectivity index (χ4n) is 1.44. The van der Waals surface area contributed by atoms with Crippen molar-refractivity contribution in [3.8, 4) is 5.75 Å². The number of carbonyl (C=O) groups is 1. The van der Waals surface area contributed by atoms with Gasteiger partial charge < -0.3 is 15.8 Å². The van der Waals surface area contributed by atoms with E-state index in [0.29, 0.717) is 12.2 Å². The molecule has 0 aromatic heterocycles. The second-order valence-corrected chi connectivity index (χ2v) is 5.58. The van der Waals surface area contributed by atoms with Crippen LogP contribution in [0.15, 0.2) is 23.1 Å². The Hall–Kier alpha value is -1.76. The molecule has 1 amide bonds. The highest BCUT2D eigenvalue weighted by Crippen LogP contribution is 2.26. The maximum absolute atomic E-state index is 12.0. The Morgan fingerprint density at radius 2 is 2.11 bits per heavy atom. The fourth-order valence-corrected chi connectivity index (χ4v) is 2.77. The van der Waals surface area contributed by atoms with Gasteiger partial charge in [-0.05, 0) is 19.1 Å². The molecule has 1 rings (SSSR count). The Morgan fingerprint density at radius 1 is 1.44 bits per heavy atom. The molecule has 0 radical (unpaired) electrons. The number of nitrogens with one attached hydrogen (secondary N) is 1. The SMILES string of the molecule is CCNC(=O)CS(=O)(=O)c1ccc(N)cc1OC. The van der Waals surface area contributed by atoms with Crippen LogP contribution in [0.25, 0.3) is 0 Å². The highest BCUT2D eigenvalue weighted by Gasteiger charge is 2.23. The van der Waals surface area contributed by atoms with Crippen molar-refractivity contribution in [2.75, 3.05) is 25.1 Å². The van der Waals surface area contributed by atoms with E-state index >= 15 is 0 Å². The van der Waals surface area contributed by atoms with Crippen LogP contribution < -0.4 is 15.8 Å². The number of methoxy groups -OCH3 is 1. The summed E-state index contributed by atoms with van der Waals surface area (Å²) in [6.07, 6.45) is 0. The summed E-state index contributed by atoms with van der Waals surface area (Å²) in [5.41, 5.74) is 5.93. The average Bonchev–Trinajstić information content (AvgIpc) is 2.27. The standard InChI is InChI=1S/C11H16N2O4S/c1-3-13-11(14)7-18(15,16)10-5-4-8(12)6-9(10)17-2/h4-6H,3,7,12H2,1-2H3,(H,13,14). The highest BCUT2D eigenvalue weighted by atomic mass is 32.2. The Labute approximate surface area is 106 Å². The average molecular weight is 272 g/mol. The molecule has 100 valence electrons. The number of nitrogen functional groups attached to an aromatic ring is 1. The van der Waals surface area contributed by atoms with Crippen LogP contribution in [0.2, 0.25) is 0 Å². The van der Waals surface area contributed by atoms with Gasteiger partial charge in [0.25, 0.3) is 0 Å². The van der Waals surface area contributed by atoms with Gasteiger partial charge in [-0.15, -0.1) is 0 Å². The lowest BCUT2D eigenvalue weighted by Crippen LogP contribution is -2.30. The molecule has 0 heterocycles. The van der Waals surface area contributed by atoms with E-state index in [0.717, 1.165) is 0 Å². The molecule has 18 heavy (non-hydrogen) atoms. The van der Waals surface area contributed by atoms with E-state index in [4.69, 9.17) is 10.5 Å². The minimum atomic E-state index is -3.73. The number of nitrogens with two attached hydrogens (primary N) is 1. The van der Waals surface area contributed by atoms with Gasteiger partial charge in [0, 0.05) is 18.3 Å². The first kappa shape index (κ1) is 14.3. The number of hydrogen-bond donors (Lipinski definition) is 2. The number of benzene rings is 1. The highest BCUT2D eigenvalue weighted by molar-refractivity contribution is 7.92. The molecule has 7 heteroatoms. The number of ether oxygens (including phenoxy) is 1. The van der Waals surface area contributed by atoms with Crippen molar-refractivity contribution in [2.45, 2.75) is 11.8 Å². The van der Waals surface area contributed by atoms with E-state index in [-0.39, 0.29) is 10.6 Å². The van der Waals surface area contributed by atoms with Crippen molar-refractivity contribution < 1.29 is 17.9 Å². The summed E-state index contributed by atoms with van der Waals surface area (Å²) < 4.78 is 29.0. The van der Waals surface area contributed by atoms with Gasteiger partial charge in [-0.3, -0.25) is 4.79 Å². The van der Waals surface area contributed by atoms with Crippen molar-refractivity contribution in [1.82, 2.24) is 5.32 Å². The number of hydrogen-bond acceptors (Lipinski definition) is 5. The summed E-state index contributed by atoms with van der Waals surface area (Å²) in [6, 6.07) is 4.19. The maximum Gasteiger partial charge on any atom is 0.235 e. The first-order chi connectivity index (χ1) is 8.40. The van der Waals surface area contributed by atoms with Crippen LogP contribution in [0, 0.1) is 0 Å². The van der Waals surface area contributed by atoms with Crippen molar-refractivity contribution in [1.29, 1.82) is 0 Å². The van der Waals surface area contributed by atoms with Crippen molar-refractivity contribution in [2.24, 2.45) is 0 Å². The number of amides is 1. The zero-order valence-electron chi connectivity index (χ0n) is 10.3. The zero-order chi connectivity index (χ0) is 13.8. The fraction of sp³-hybridized carbons (Fsp3) is 0.364. The molecule has 0 bridgehead atoms. The quantitative estimate of drug-likeness (QED) is 0.745. The molecular weight excluding hydrogens is 256 g/mol. The maximum atomic E-state index is 12.0. The molecule has 0 aliphatic carbocycles. The molecule has 0 unspecified atom stereocenters. The van der Waals surface area contributed by atoms with Gasteiger partial charge in [0.05, 0.1) is 7.11 Å². The van der Waals surface area contributed by atoms with Crippen LogP contribution in [-0.4, -0.2) is 33.7 Å². The topological polar surface area (TPSA) is 98.5 Å². The van der Waals surface area contributed by atoms with Gasteiger partial charge >= 0.3 is 0 Å².